The van der Waals surface area contributed by atoms with Crippen molar-refractivity contribution in [3.05, 3.63) is 51.3 Å². The van der Waals surface area contributed by atoms with Crippen LogP contribution in [-0.4, -0.2) is 39.9 Å². The molecule has 0 bridgehead atoms. The Labute approximate surface area is 141 Å². The van der Waals surface area contributed by atoms with Gasteiger partial charge >= 0.3 is 5.69 Å². The third-order valence-corrected chi connectivity index (χ3v) is 3.08. The molecule has 0 aliphatic carbocycles. The minimum Gasteiger partial charge on any atom is -0.298 e. The summed E-state index contributed by atoms with van der Waals surface area (Å²) in [5.41, 5.74) is 7.24. The molecule has 3 N–H and O–H groups in total. The zero-order chi connectivity index (χ0) is 17.7. The van der Waals surface area contributed by atoms with Gasteiger partial charge < -0.3 is 0 Å². The van der Waals surface area contributed by atoms with Gasteiger partial charge in [0.2, 0.25) is 11.6 Å². The molecule has 0 aliphatic rings. The highest BCUT2D eigenvalue weighted by Crippen LogP contribution is 2.28. The maximum Gasteiger partial charge on any atom is 0.356 e. The first-order chi connectivity index (χ1) is 11.4. The van der Waals surface area contributed by atoms with E-state index in [2.05, 4.69) is 26.2 Å². The number of nitrogens with zero attached hydrogens (tertiary/aromatic N) is 4. The summed E-state index contributed by atoms with van der Waals surface area (Å²) in [5, 5.41) is 13.0. The fraction of sp³-hybridized carbons (Fsp3) is 0.154. The molecule has 0 atom stereocenters. The standard InChI is InChI=1S/C13H14ClN7O3/c1-20(2)19-12-10(21(23)24)11(15-7-16-12)17-18-13(22)8-5-3-4-6-9(8)14/h3-7H,1-2H3,(H,18,22)(H2,15,16,17,19). The number of aromatic nitrogens is 2. The van der Waals surface area contributed by atoms with Gasteiger partial charge in [0.15, 0.2) is 0 Å². The van der Waals surface area contributed by atoms with Crippen LogP contribution in [0.15, 0.2) is 30.6 Å². The Morgan fingerprint density at radius 2 is 1.92 bits per heavy atom. The third-order valence-electron chi connectivity index (χ3n) is 2.75. The summed E-state index contributed by atoms with van der Waals surface area (Å²) >= 11 is 5.93. The molecule has 0 aliphatic heterocycles. The Kier molecular flexibility index (Phi) is 5.45. The minimum absolute atomic E-state index is 0.0190. The van der Waals surface area contributed by atoms with Gasteiger partial charge in [-0.05, 0) is 12.1 Å². The van der Waals surface area contributed by atoms with Crippen LogP contribution in [0.2, 0.25) is 5.02 Å². The van der Waals surface area contributed by atoms with E-state index in [1.54, 1.807) is 32.3 Å². The van der Waals surface area contributed by atoms with Crippen LogP contribution in [0.25, 0.3) is 0 Å². The number of benzene rings is 1. The molecular formula is C13H14ClN7O3. The van der Waals surface area contributed by atoms with Gasteiger partial charge in [-0.15, -0.1) is 0 Å². The van der Waals surface area contributed by atoms with Crippen molar-refractivity contribution in [2.45, 2.75) is 0 Å². The van der Waals surface area contributed by atoms with Crippen molar-refractivity contribution in [1.82, 2.24) is 20.4 Å². The van der Waals surface area contributed by atoms with Crippen molar-refractivity contribution in [2.75, 3.05) is 24.9 Å². The Hall–Kier alpha value is -2.98. The normalized spacial score (nSPS) is 10.3. The summed E-state index contributed by atoms with van der Waals surface area (Å²) in [7, 11) is 3.30. The average molecular weight is 352 g/mol. The van der Waals surface area contributed by atoms with Gasteiger partial charge in [-0.3, -0.25) is 31.2 Å². The van der Waals surface area contributed by atoms with Gasteiger partial charge in [0.1, 0.15) is 6.33 Å². The van der Waals surface area contributed by atoms with Crippen molar-refractivity contribution in [2.24, 2.45) is 0 Å². The molecule has 0 saturated carbocycles. The molecule has 1 heterocycles. The van der Waals surface area contributed by atoms with Crippen LogP contribution < -0.4 is 16.3 Å². The van der Waals surface area contributed by atoms with E-state index >= 15 is 0 Å². The molecule has 2 rings (SSSR count). The first-order valence-corrected chi connectivity index (χ1v) is 7.02. The lowest BCUT2D eigenvalue weighted by atomic mass is 10.2. The molecule has 2 aromatic rings. The summed E-state index contributed by atoms with van der Waals surface area (Å²) < 4.78 is 0. The van der Waals surface area contributed by atoms with Crippen molar-refractivity contribution >= 4 is 34.8 Å². The zero-order valence-corrected chi connectivity index (χ0v) is 13.5. The number of hydrazine groups is 2. The largest absolute Gasteiger partial charge is 0.356 e. The first kappa shape index (κ1) is 17.4. The molecule has 0 unspecified atom stereocenters. The average Bonchev–Trinajstić information content (AvgIpc) is 2.52. The monoisotopic (exact) mass is 351 g/mol. The van der Waals surface area contributed by atoms with Crippen LogP contribution in [0.4, 0.5) is 17.3 Å². The Morgan fingerprint density at radius 1 is 1.25 bits per heavy atom. The van der Waals surface area contributed by atoms with Crippen molar-refractivity contribution < 1.29 is 9.72 Å². The van der Waals surface area contributed by atoms with E-state index in [4.69, 9.17) is 11.6 Å². The lowest BCUT2D eigenvalue weighted by Gasteiger charge is -2.14. The van der Waals surface area contributed by atoms with E-state index in [1.165, 1.54) is 11.1 Å². The van der Waals surface area contributed by atoms with Crippen molar-refractivity contribution in [3.63, 3.8) is 0 Å². The topological polar surface area (TPSA) is 125 Å². The third kappa shape index (κ3) is 4.06. The maximum absolute atomic E-state index is 12.1. The number of carbonyl (C=O) groups excluding carboxylic acids is 1. The number of hydrogen-bond acceptors (Lipinski definition) is 8. The van der Waals surface area contributed by atoms with E-state index in [0.29, 0.717) is 0 Å². The smallest absolute Gasteiger partial charge is 0.298 e. The molecule has 1 amide bonds. The van der Waals surface area contributed by atoms with E-state index in [9.17, 15) is 14.9 Å². The molecule has 126 valence electrons. The van der Waals surface area contributed by atoms with E-state index in [1.807, 2.05) is 0 Å². The van der Waals surface area contributed by atoms with Crippen LogP contribution >= 0.6 is 11.6 Å². The van der Waals surface area contributed by atoms with E-state index in [0.717, 1.165) is 6.33 Å². The van der Waals surface area contributed by atoms with Gasteiger partial charge in [-0.25, -0.2) is 15.0 Å². The molecule has 11 heteroatoms. The molecule has 1 aromatic heterocycles. The fourth-order valence-corrected chi connectivity index (χ4v) is 1.99. The number of amides is 1. The molecule has 1 aromatic carbocycles. The second kappa shape index (κ2) is 7.53. The molecule has 0 saturated heterocycles. The Balaban J connectivity index is 2.22. The first-order valence-electron chi connectivity index (χ1n) is 6.64. The Bertz CT molecular complexity index is 769. The summed E-state index contributed by atoms with van der Waals surface area (Å²) in [5.74, 6) is -0.745. The summed E-state index contributed by atoms with van der Waals surface area (Å²) in [4.78, 5) is 30.3. The SMILES string of the molecule is CN(C)Nc1ncnc(NNC(=O)c2ccccc2Cl)c1[N+](=O)[O-]. The molecule has 24 heavy (non-hydrogen) atoms. The van der Waals surface area contributed by atoms with Gasteiger partial charge in [0, 0.05) is 14.1 Å². The highest BCUT2D eigenvalue weighted by Gasteiger charge is 2.24. The lowest BCUT2D eigenvalue weighted by Crippen LogP contribution is -2.31. The predicted octanol–water partition coefficient (Wildman–Crippen LogP) is 1.68. The molecule has 0 fully saturated rings. The van der Waals surface area contributed by atoms with Gasteiger partial charge in [-0.1, -0.05) is 23.7 Å². The van der Waals surface area contributed by atoms with Gasteiger partial charge in [-0.2, -0.15) is 0 Å². The van der Waals surface area contributed by atoms with Crippen LogP contribution in [0.1, 0.15) is 10.4 Å². The summed E-state index contributed by atoms with van der Waals surface area (Å²) in [6, 6.07) is 6.41. The number of rotatable bonds is 6. The second-order valence-electron chi connectivity index (χ2n) is 4.74. The minimum atomic E-state index is -0.657. The molecule has 0 spiro atoms. The van der Waals surface area contributed by atoms with Crippen LogP contribution in [-0.2, 0) is 0 Å². The van der Waals surface area contributed by atoms with Gasteiger partial charge in [0.25, 0.3) is 5.91 Å². The maximum atomic E-state index is 12.1. The summed E-state index contributed by atoms with van der Waals surface area (Å²) in [6.45, 7) is 0. The molecular weight excluding hydrogens is 338 g/mol. The van der Waals surface area contributed by atoms with E-state index in [-0.39, 0.29) is 22.2 Å². The van der Waals surface area contributed by atoms with Crippen LogP contribution in [0.3, 0.4) is 0 Å². The molecule has 10 nitrogen and oxygen atoms in total. The van der Waals surface area contributed by atoms with Crippen LogP contribution in [0, 0.1) is 10.1 Å². The zero-order valence-electron chi connectivity index (χ0n) is 12.8. The highest BCUT2D eigenvalue weighted by molar-refractivity contribution is 6.33. The fourth-order valence-electron chi connectivity index (χ4n) is 1.77. The lowest BCUT2D eigenvalue weighted by molar-refractivity contribution is -0.383. The van der Waals surface area contributed by atoms with Gasteiger partial charge in [0.05, 0.1) is 15.5 Å². The second-order valence-corrected chi connectivity index (χ2v) is 5.15. The number of halogens is 1. The highest BCUT2D eigenvalue weighted by atomic mass is 35.5. The number of hydrogen-bond donors (Lipinski definition) is 3. The quantitative estimate of drug-likeness (QED) is 0.530. The number of anilines is 2. The summed E-state index contributed by atoms with van der Waals surface area (Å²) in [6.07, 6.45) is 1.13. The number of nitro groups is 1. The Morgan fingerprint density at radius 3 is 2.54 bits per heavy atom. The van der Waals surface area contributed by atoms with Crippen molar-refractivity contribution in [1.29, 1.82) is 0 Å². The van der Waals surface area contributed by atoms with Crippen molar-refractivity contribution in [3.8, 4) is 0 Å². The van der Waals surface area contributed by atoms with E-state index < -0.39 is 16.5 Å². The number of carbonyl (C=O) groups is 1. The molecule has 0 radical (unpaired) electrons. The van der Waals surface area contributed by atoms with Crippen LogP contribution in [0.5, 0.6) is 0 Å². The predicted molar refractivity (Wildman–Crippen MR) is 88.5 cm³/mol. The number of nitrogens with one attached hydrogen (secondary N) is 3.